The van der Waals surface area contributed by atoms with Crippen molar-refractivity contribution in [2.45, 2.75) is 13.8 Å². The minimum Gasteiger partial charge on any atom is -0.484 e. The quantitative estimate of drug-likeness (QED) is 0.888. The van der Waals surface area contributed by atoms with Gasteiger partial charge in [0.15, 0.2) is 6.61 Å². The first kappa shape index (κ1) is 13.1. The molecule has 2 aromatic rings. The van der Waals surface area contributed by atoms with Crippen molar-refractivity contribution in [2.75, 3.05) is 11.9 Å². The van der Waals surface area contributed by atoms with E-state index in [1.54, 1.807) is 6.92 Å². The third-order valence-electron chi connectivity index (χ3n) is 2.58. The van der Waals surface area contributed by atoms with E-state index in [2.05, 4.69) is 15.5 Å². The number of rotatable bonds is 4. The fourth-order valence-electron chi connectivity index (χ4n) is 1.59. The highest BCUT2D eigenvalue weighted by Gasteiger charge is 2.10. The number of amides is 1. The number of benzene rings is 1. The van der Waals surface area contributed by atoms with Crippen LogP contribution in [0.4, 0.5) is 10.1 Å². The monoisotopic (exact) mass is 263 g/mol. The molecule has 0 unspecified atom stereocenters. The van der Waals surface area contributed by atoms with Crippen molar-refractivity contribution < 1.29 is 13.9 Å². The summed E-state index contributed by atoms with van der Waals surface area (Å²) < 4.78 is 17.9. The SMILES string of the molecule is Cc1n[nH]c(C)c1NC(=O)COc1ccc(F)cc1. The van der Waals surface area contributed by atoms with Gasteiger partial charge in [0.25, 0.3) is 5.91 Å². The van der Waals surface area contributed by atoms with Gasteiger partial charge in [0, 0.05) is 0 Å². The van der Waals surface area contributed by atoms with Crippen LogP contribution in [0.15, 0.2) is 24.3 Å². The third kappa shape index (κ3) is 3.31. The molecule has 0 aliphatic carbocycles. The van der Waals surface area contributed by atoms with Gasteiger partial charge in [-0.05, 0) is 38.1 Å². The molecular formula is C13H14FN3O2. The lowest BCUT2D eigenvalue weighted by molar-refractivity contribution is -0.118. The number of ether oxygens (including phenoxy) is 1. The van der Waals surface area contributed by atoms with Gasteiger partial charge in [-0.1, -0.05) is 0 Å². The Bertz CT molecular complexity index is 559. The molecule has 0 saturated carbocycles. The summed E-state index contributed by atoms with van der Waals surface area (Å²) in [5.74, 6) is -0.199. The van der Waals surface area contributed by atoms with Crippen LogP contribution in [0.25, 0.3) is 0 Å². The fraction of sp³-hybridized carbons (Fsp3) is 0.231. The molecule has 1 amide bonds. The molecule has 1 aromatic carbocycles. The highest BCUT2D eigenvalue weighted by atomic mass is 19.1. The van der Waals surface area contributed by atoms with Crippen molar-refractivity contribution in [2.24, 2.45) is 0 Å². The number of halogens is 1. The van der Waals surface area contributed by atoms with E-state index in [9.17, 15) is 9.18 Å². The lowest BCUT2D eigenvalue weighted by Crippen LogP contribution is -2.20. The Hall–Kier alpha value is -2.37. The van der Waals surface area contributed by atoms with E-state index in [0.717, 1.165) is 5.69 Å². The van der Waals surface area contributed by atoms with Crippen molar-refractivity contribution in [3.63, 3.8) is 0 Å². The predicted molar refractivity (Wildman–Crippen MR) is 68.6 cm³/mol. The van der Waals surface area contributed by atoms with E-state index < -0.39 is 0 Å². The van der Waals surface area contributed by atoms with Crippen LogP contribution in [-0.2, 0) is 4.79 Å². The van der Waals surface area contributed by atoms with Crippen molar-refractivity contribution in [1.29, 1.82) is 0 Å². The van der Waals surface area contributed by atoms with Crippen LogP contribution in [-0.4, -0.2) is 22.7 Å². The molecule has 0 radical (unpaired) electrons. The topological polar surface area (TPSA) is 67.0 Å². The number of nitrogens with zero attached hydrogens (tertiary/aromatic N) is 1. The van der Waals surface area contributed by atoms with E-state index in [0.29, 0.717) is 17.1 Å². The summed E-state index contributed by atoms with van der Waals surface area (Å²) in [5, 5.41) is 9.46. The normalized spacial score (nSPS) is 10.3. The first-order chi connectivity index (χ1) is 9.06. The van der Waals surface area contributed by atoms with E-state index >= 15 is 0 Å². The molecule has 19 heavy (non-hydrogen) atoms. The Morgan fingerprint density at radius 2 is 2.05 bits per heavy atom. The van der Waals surface area contributed by atoms with Crippen molar-refractivity contribution in [1.82, 2.24) is 10.2 Å². The fourth-order valence-corrected chi connectivity index (χ4v) is 1.59. The Balaban J connectivity index is 1.90. The summed E-state index contributed by atoms with van der Waals surface area (Å²) in [6, 6.07) is 5.49. The first-order valence-corrected chi connectivity index (χ1v) is 5.76. The van der Waals surface area contributed by atoms with Crippen LogP contribution < -0.4 is 10.1 Å². The Morgan fingerprint density at radius 3 is 2.63 bits per heavy atom. The molecular weight excluding hydrogens is 249 g/mol. The molecule has 0 fully saturated rings. The Labute approximate surface area is 109 Å². The van der Waals surface area contributed by atoms with E-state index in [1.807, 2.05) is 6.92 Å². The van der Waals surface area contributed by atoms with Crippen molar-refractivity contribution in [3.8, 4) is 5.75 Å². The van der Waals surface area contributed by atoms with Crippen LogP contribution >= 0.6 is 0 Å². The summed E-state index contributed by atoms with van der Waals surface area (Å²) in [6.07, 6.45) is 0. The summed E-state index contributed by atoms with van der Waals surface area (Å²) >= 11 is 0. The lowest BCUT2D eigenvalue weighted by atomic mass is 10.3. The lowest BCUT2D eigenvalue weighted by Gasteiger charge is -2.07. The summed E-state index contributed by atoms with van der Waals surface area (Å²) in [7, 11) is 0. The molecule has 2 N–H and O–H groups in total. The van der Waals surface area contributed by atoms with E-state index in [1.165, 1.54) is 24.3 Å². The maximum atomic E-state index is 12.7. The minimum atomic E-state index is -0.346. The third-order valence-corrected chi connectivity index (χ3v) is 2.58. The molecule has 0 spiro atoms. The Morgan fingerprint density at radius 1 is 1.37 bits per heavy atom. The number of aromatic nitrogens is 2. The molecule has 100 valence electrons. The number of hydrogen-bond acceptors (Lipinski definition) is 3. The highest BCUT2D eigenvalue weighted by molar-refractivity contribution is 5.92. The average molecular weight is 263 g/mol. The first-order valence-electron chi connectivity index (χ1n) is 5.76. The van der Waals surface area contributed by atoms with Gasteiger partial charge in [-0.2, -0.15) is 5.10 Å². The van der Waals surface area contributed by atoms with Gasteiger partial charge >= 0.3 is 0 Å². The number of hydrogen-bond donors (Lipinski definition) is 2. The molecule has 0 bridgehead atoms. The molecule has 0 saturated heterocycles. The summed E-state index contributed by atoms with van der Waals surface area (Å²) in [5.41, 5.74) is 2.16. The maximum absolute atomic E-state index is 12.7. The van der Waals surface area contributed by atoms with Crippen molar-refractivity contribution in [3.05, 3.63) is 41.5 Å². The largest absolute Gasteiger partial charge is 0.484 e. The van der Waals surface area contributed by atoms with E-state index in [4.69, 9.17) is 4.74 Å². The van der Waals surface area contributed by atoms with E-state index in [-0.39, 0.29) is 18.3 Å². The number of H-pyrrole nitrogens is 1. The number of aromatic amines is 1. The summed E-state index contributed by atoms with van der Waals surface area (Å²) in [6.45, 7) is 3.46. The predicted octanol–water partition coefficient (Wildman–Crippen LogP) is 2.18. The highest BCUT2D eigenvalue weighted by Crippen LogP contribution is 2.16. The zero-order valence-electron chi connectivity index (χ0n) is 10.7. The maximum Gasteiger partial charge on any atom is 0.262 e. The second-order valence-corrected chi connectivity index (χ2v) is 4.10. The van der Waals surface area contributed by atoms with Crippen LogP contribution in [0.1, 0.15) is 11.4 Å². The molecule has 2 rings (SSSR count). The number of carbonyl (C=O) groups is 1. The Kier molecular flexibility index (Phi) is 3.79. The van der Waals surface area contributed by atoms with Gasteiger partial charge in [0.2, 0.25) is 0 Å². The smallest absolute Gasteiger partial charge is 0.262 e. The number of nitrogens with one attached hydrogen (secondary N) is 2. The number of anilines is 1. The van der Waals surface area contributed by atoms with Gasteiger partial charge in [-0.25, -0.2) is 4.39 Å². The summed E-state index contributed by atoms with van der Waals surface area (Å²) in [4.78, 5) is 11.7. The zero-order chi connectivity index (χ0) is 13.8. The van der Waals surface area contributed by atoms with Crippen LogP contribution in [0.3, 0.4) is 0 Å². The van der Waals surface area contributed by atoms with Gasteiger partial charge in [0.05, 0.1) is 17.1 Å². The molecule has 1 aromatic heterocycles. The van der Waals surface area contributed by atoms with Crippen LogP contribution in [0, 0.1) is 19.7 Å². The van der Waals surface area contributed by atoms with Gasteiger partial charge in [0.1, 0.15) is 11.6 Å². The van der Waals surface area contributed by atoms with Crippen LogP contribution in [0.2, 0.25) is 0 Å². The molecule has 0 aliphatic heterocycles. The average Bonchev–Trinajstić information content (AvgIpc) is 2.70. The molecule has 5 nitrogen and oxygen atoms in total. The van der Waals surface area contributed by atoms with Gasteiger partial charge < -0.3 is 10.1 Å². The molecule has 0 aliphatic rings. The molecule has 6 heteroatoms. The van der Waals surface area contributed by atoms with Crippen LogP contribution in [0.5, 0.6) is 5.75 Å². The zero-order valence-corrected chi connectivity index (χ0v) is 10.7. The molecule has 1 heterocycles. The number of aryl methyl sites for hydroxylation is 2. The second-order valence-electron chi connectivity index (χ2n) is 4.10. The minimum absolute atomic E-state index is 0.143. The number of carbonyl (C=O) groups excluding carboxylic acids is 1. The second kappa shape index (κ2) is 5.51. The van der Waals surface area contributed by atoms with Crippen molar-refractivity contribution >= 4 is 11.6 Å². The standard InChI is InChI=1S/C13H14FN3O2/c1-8-13(9(2)17-16-8)15-12(18)7-19-11-5-3-10(14)4-6-11/h3-6H,7H2,1-2H3,(H,15,18)(H,16,17). The van der Waals surface area contributed by atoms with Gasteiger partial charge in [-0.15, -0.1) is 0 Å². The van der Waals surface area contributed by atoms with Gasteiger partial charge in [-0.3, -0.25) is 9.89 Å². The molecule has 0 atom stereocenters.